The summed E-state index contributed by atoms with van der Waals surface area (Å²) in [5.41, 5.74) is 0.491. The van der Waals surface area contributed by atoms with Gasteiger partial charge in [-0.1, -0.05) is 20.8 Å². The highest BCUT2D eigenvalue weighted by molar-refractivity contribution is 4.87. The molecule has 17 heavy (non-hydrogen) atoms. The van der Waals surface area contributed by atoms with Crippen molar-refractivity contribution in [2.24, 2.45) is 5.41 Å². The summed E-state index contributed by atoms with van der Waals surface area (Å²) < 4.78 is 5.47. The SMILES string of the molecule is CC(C)NC1CCN(CC2(C)CCOCC2)C1. The van der Waals surface area contributed by atoms with E-state index in [1.165, 1.54) is 38.9 Å². The van der Waals surface area contributed by atoms with Crippen LogP contribution in [0.15, 0.2) is 0 Å². The molecule has 0 bridgehead atoms. The van der Waals surface area contributed by atoms with Gasteiger partial charge in [0, 0.05) is 38.4 Å². The maximum Gasteiger partial charge on any atom is 0.0471 e. The van der Waals surface area contributed by atoms with Crippen molar-refractivity contribution < 1.29 is 4.74 Å². The number of nitrogens with zero attached hydrogens (tertiary/aromatic N) is 1. The largest absolute Gasteiger partial charge is 0.381 e. The molecular weight excluding hydrogens is 212 g/mol. The van der Waals surface area contributed by atoms with Gasteiger partial charge in [-0.25, -0.2) is 0 Å². The number of rotatable bonds is 4. The van der Waals surface area contributed by atoms with Crippen molar-refractivity contribution in [3.05, 3.63) is 0 Å². The first-order chi connectivity index (χ1) is 8.07. The van der Waals surface area contributed by atoms with Crippen molar-refractivity contribution in [2.45, 2.75) is 52.1 Å². The maximum absolute atomic E-state index is 5.47. The lowest BCUT2D eigenvalue weighted by Crippen LogP contribution is -2.41. The predicted molar refractivity (Wildman–Crippen MR) is 71.3 cm³/mol. The van der Waals surface area contributed by atoms with Crippen molar-refractivity contribution >= 4 is 0 Å². The van der Waals surface area contributed by atoms with Gasteiger partial charge in [0.15, 0.2) is 0 Å². The van der Waals surface area contributed by atoms with E-state index in [0.717, 1.165) is 13.2 Å². The van der Waals surface area contributed by atoms with Crippen LogP contribution in [0.2, 0.25) is 0 Å². The molecule has 0 saturated carbocycles. The molecule has 1 atom stereocenters. The van der Waals surface area contributed by atoms with Crippen molar-refractivity contribution in [1.29, 1.82) is 0 Å². The highest BCUT2D eigenvalue weighted by Crippen LogP contribution is 2.31. The minimum atomic E-state index is 0.491. The third kappa shape index (κ3) is 3.94. The standard InChI is InChI=1S/C14H28N2O/c1-12(2)15-13-4-7-16(10-13)11-14(3)5-8-17-9-6-14/h12-13,15H,4-11H2,1-3H3. The van der Waals surface area contributed by atoms with E-state index in [0.29, 0.717) is 17.5 Å². The zero-order valence-electron chi connectivity index (χ0n) is 11.7. The first-order valence-corrected chi connectivity index (χ1v) is 7.14. The van der Waals surface area contributed by atoms with Crippen LogP contribution in [-0.2, 0) is 4.74 Å². The lowest BCUT2D eigenvalue weighted by molar-refractivity contribution is 0.00825. The van der Waals surface area contributed by atoms with Crippen LogP contribution in [-0.4, -0.2) is 49.8 Å². The second-order valence-electron chi connectivity index (χ2n) is 6.47. The Bertz CT molecular complexity index is 236. The van der Waals surface area contributed by atoms with Gasteiger partial charge in [0.2, 0.25) is 0 Å². The number of likely N-dealkylation sites (tertiary alicyclic amines) is 1. The molecule has 1 N–H and O–H groups in total. The topological polar surface area (TPSA) is 24.5 Å². The van der Waals surface area contributed by atoms with Crippen LogP contribution in [0.25, 0.3) is 0 Å². The molecule has 0 aromatic heterocycles. The molecular formula is C14H28N2O. The summed E-state index contributed by atoms with van der Waals surface area (Å²) in [5.74, 6) is 0. The van der Waals surface area contributed by atoms with Crippen LogP contribution in [0.4, 0.5) is 0 Å². The van der Waals surface area contributed by atoms with Crippen molar-refractivity contribution in [3.63, 3.8) is 0 Å². The van der Waals surface area contributed by atoms with Crippen LogP contribution in [0.5, 0.6) is 0 Å². The van der Waals surface area contributed by atoms with Gasteiger partial charge in [-0.15, -0.1) is 0 Å². The van der Waals surface area contributed by atoms with Gasteiger partial charge in [0.25, 0.3) is 0 Å². The smallest absolute Gasteiger partial charge is 0.0471 e. The lowest BCUT2D eigenvalue weighted by atomic mass is 9.82. The zero-order chi connectivity index (χ0) is 12.3. The fourth-order valence-electron chi connectivity index (χ4n) is 3.15. The Labute approximate surface area is 106 Å². The summed E-state index contributed by atoms with van der Waals surface area (Å²) in [7, 11) is 0. The highest BCUT2D eigenvalue weighted by atomic mass is 16.5. The van der Waals surface area contributed by atoms with Gasteiger partial charge in [0.05, 0.1) is 0 Å². The summed E-state index contributed by atoms with van der Waals surface area (Å²) in [6.45, 7) is 12.6. The van der Waals surface area contributed by atoms with Crippen molar-refractivity contribution in [2.75, 3.05) is 32.8 Å². The van der Waals surface area contributed by atoms with Gasteiger partial charge in [-0.2, -0.15) is 0 Å². The third-order valence-corrected chi connectivity index (χ3v) is 4.15. The lowest BCUT2D eigenvalue weighted by Gasteiger charge is -2.37. The summed E-state index contributed by atoms with van der Waals surface area (Å²) in [6.07, 6.45) is 3.77. The predicted octanol–water partition coefficient (Wildman–Crippen LogP) is 1.88. The Morgan fingerprint density at radius 3 is 2.71 bits per heavy atom. The molecule has 2 heterocycles. The fourth-order valence-corrected chi connectivity index (χ4v) is 3.15. The van der Waals surface area contributed by atoms with E-state index >= 15 is 0 Å². The van der Waals surface area contributed by atoms with Crippen LogP contribution >= 0.6 is 0 Å². The van der Waals surface area contributed by atoms with Gasteiger partial charge >= 0.3 is 0 Å². The van der Waals surface area contributed by atoms with Crippen LogP contribution < -0.4 is 5.32 Å². The molecule has 2 aliphatic heterocycles. The van der Waals surface area contributed by atoms with E-state index < -0.39 is 0 Å². The van der Waals surface area contributed by atoms with E-state index in [9.17, 15) is 0 Å². The van der Waals surface area contributed by atoms with Crippen LogP contribution in [0.1, 0.15) is 40.0 Å². The molecule has 0 aromatic carbocycles. The molecule has 0 radical (unpaired) electrons. The molecule has 0 amide bonds. The molecule has 3 heteroatoms. The first-order valence-electron chi connectivity index (χ1n) is 7.14. The molecule has 2 saturated heterocycles. The molecule has 0 aromatic rings. The van der Waals surface area contributed by atoms with Gasteiger partial charge in [-0.05, 0) is 31.2 Å². The average molecular weight is 240 g/mol. The highest BCUT2D eigenvalue weighted by Gasteiger charge is 2.32. The van der Waals surface area contributed by atoms with Gasteiger partial charge in [0.1, 0.15) is 0 Å². The number of ether oxygens (including phenoxy) is 1. The monoisotopic (exact) mass is 240 g/mol. The molecule has 100 valence electrons. The average Bonchev–Trinajstić information content (AvgIpc) is 2.64. The van der Waals surface area contributed by atoms with E-state index in [1.807, 2.05) is 0 Å². The van der Waals surface area contributed by atoms with E-state index in [4.69, 9.17) is 4.74 Å². The Balaban J connectivity index is 1.76. The number of nitrogens with one attached hydrogen (secondary N) is 1. The van der Waals surface area contributed by atoms with Crippen LogP contribution in [0, 0.1) is 5.41 Å². The first kappa shape index (κ1) is 13.3. The second kappa shape index (κ2) is 5.68. The minimum absolute atomic E-state index is 0.491. The van der Waals surface area contributed by atoms with E-state index in [2.05, 4.69) is 31.0 Å². The third-order valence-electron chi connectivity index (χ3n) is 4.15. The maximum atomic E-state index is 5.47. The van der Waals surface area contributed by atoms with Crippen LogP contribution in [0.3, 0.4) is 0 Å². The molecule has 2 rings (SSSR count). The Morgan fingerprint density at radius 2 is 2.06 bits per heavy atom. The number of hydrogen-bond acceptors (Lipinski definition) is 3. The van der Waals surface area contributed by atoms with E-state index in [-0.39, 0.29) is 0 Å². The van der Waals surface area contributed by atoms with Crippen molar-refractivity contribution in [1.82, 2.24) is 10.2 Å². The van der Waals surface area contributed by atoms with Gasteiger partial charge < -0.3 is 15.0 Å². The molecule has 1 unspecified atom stereocenters. The summed E-state index contributed by atoms with van der Waals surface area (Å²) in [5, 5.41) is 3.66. The molecule has 0 aliphatic carbocycles. The second-order valence-corrected chi connectivity index (χ2v) is 6.47. The van der Waals surface area contributed by atoms with Crippen molar-refractivity contribution in [3.8, 4) is 0 Å². The molecule has 0 spiro atoms. The Kier molecular flexibility index (Phi) is 4.45. The van der Waals surface area contributed by atoms with E-state index in [1.54, 1.807) is 0 Å². The fraction of sp³-hybridized carbons (Fsp3) is 1.00. The molecule has 2 fully saturated rings. The Hall–Kier alpha value is -0.120. The number of hydrogen-bond donors (Lipinski definition) is 1. The molecule has 2 aliphatic rings. The van der Waals surface area contributed by atoms with Gasteiger partial charge in [-0.3, -0.25) is 0 Å². The zero-order valence-corrected chi connectivity index (χ0v) is 11.7. The Morgan fingerprint density at radius 1 is 1.35 bits per heavy atom. The summed E-state index contributed by atoms with van der Waals surface area (Å²) >= 11 is 0. The minimum Gasteiger partial charge on any atom is -0.381 e. The summed E-state index contributed by atoms with van der Waals surface area (Å²) in [6, 6.07) is 1.32. The summed E-state index contributed by atoms with van der Waals surface area (Å²) in [4.78, 5) is 2.64. The normalized spacial score (nSPS) is 30.0. The quantitative estimate of drug-likeness (QED) is 0.812. The molecule has 3 nitrogen and oxygen atoms in total.